The molecule has 0 saturated carbocycles. The molecule has 1 fully saturated rings. The second-order valence-electron chi connectivity index (χ2n) is 8.40. The molecule has 38 heavy (non-hydrogen) atoms. The number of aromatic nitrogens is 1. The van der Waals surface area contributed by atoms with Crippen LogP contribution >= 0.6 is 22.9 Å². The summed E-state index contributed by atoms with van der Waals surface area (Å²) >= 11 is 7.23. The molecule has 0 radical (unpaired) electrons. The molecule has 0 spiro atoms. The van der Waals surface area contributed by atoms with E-state index in [1.54, 1.807) is 55.5 Å². The van der Waals surface area contributed by atoms with Gasteiger partial charge in [-0.15, -0.1) is 0 Å². The number of phenolic OH excluding ortho intramolecular Hbond substituents is 1. The molecule has 3 aromatic carbocycles. The Morgan fingerprint density at radius 1 is 1.03 bits per heavy atom. The number of aliphatic hydroxyl groups excluding tert-OH is 1. The number of carbonyl (C=O) groups excluding carboxylic acids is 2. The highest BCUT2D eigenvalue weighted by Gasteiger charge is 2.48. The van der Waals surface area contributed by atoms with Crippen LogP contribution in [0.5, 0.6) is 17.2 Å². The second kappa shape index (κ2) is 10.4. The summed E-state index contributed by atoms with van der Waals surface area (Å²) < 4.78 is 11.9. The number of ketones is 1. The van der Waals surface area contributed by atoms with Gasteiger partial charge in [0.2, 0.25) is 0 Å². The number of rotatable bonds is 7. The minimum absolute atomic E-state index is 0.0892. The summed E-state index contributed by atoms with van der Waals surface area (Å²) in [6.45, 7) is 4.45. The molecule has 2 heterocycles. The first kappa shape index (κ1) is 25.6. The van der Waals surface area contributed by atoms with Crippen LogP contribution in [0.2, 0.25) is 5.02 Å². The number of fused-ring (bicyclic) bond motifs is 1. The number of aromatic hydroxyl groups is 1. The van der Waals surface area contributed by atoms with E-state index in [2.05, 4.69) is 4.98 Å². The average Bonchev–Trinajstić information content (AvgIpc) is 3.43. The molecule has 1 unspecified atom stereocenters. The maximum Gasteiger partial charge on any atom is 0.301 e. The first-order valence-electron chi connectivity index (χ1n) is 11.9. The van der Waals surface area contributed by atoms with Crippen molar-refractivity contribution in [1.29, 1.82) is 0 Å². The lowest BCUT2D eigenvalue weighted by atomic mass is 9.95. The summed E-state index contributed by atoms with van der Waals surface area (Å²) in [7, 11) is 0. The molecular formula is C28H23ClN2O6S. The first-order valence-corrected chi connectivity index (χ1v) is 13.1. The van der Waals surface area contributed by atoms with Crippen LogP contribution in [0, 0.1) is 0 Å². The highest BCUT2D eigenvalue weighted by atomic mass is 35.5. The molecule has 0 bridgehead atoms. The fourth-order valence-corrected chi connectivity index (χ4v) is 5.48. The van der Waals surface area contributed by atoms with E-state index in [-0.39, 0.29) is 28.0 Å². The van der Waals surface area contributed by atoms with E-state index in [4.69, 9.17) is 21.1 Å². The zero-order valence-electron chi connectivity index (χ0n) is 20.5. The summed E-state index contributed by atoms with van der Waals surface area (Å²) in [6.07, 6.45) is 0. The molecule has 0 aliphatic carbocycles. The van der Waals surface area contributed by atoms with E-state index in [0.29, 0.717) is 40.6 Å². The fourth-order valence-electron chi connectivity index (χ4n) is 4.33. The minimum atomic E-state index is -1.03. The van der Waals surface area contributed by atoms with Gasteiger partial charge in [0, 0.05) is 10.6 Å². The Morgan fingerprint density at radius 3 is 2.47 bits per heavy atom. The molecule has 2 N–H and O–H groups in total. The lowest BCUT2D eigenvalue weighted by Gasteiger charge is -2.23. The van der Waals surface area contributed by atoms with E-state index in [0.717, 1.165) is 4.70 Å². The number of aliphatic hydroxyl groups is 1. The number of anilines is 1. The van der Waals surface area contributed by atoms with Gasteiger partial charge in [-0.2, -0.15) is 0 Å². The fraction of sp³-hybridized carbons (Fsp3) is 0.179. The number of Topliss-reactive ketones (excluding diaryl/α,β-unsaturated/α-hetero) is 1. The highest BCUT2D eigenvalue weighted by Crippen LogP contribution is 2.46. The van der Waals surface area contributed by atoms with Gasteiger partial charge in [-0.3, -0.25) is 14.5 Å². The lowest BCUT2D eigenvalue weighted by molar-refractivity contribution is -0.132. The Balaban J connectivity index is 1.71. The van der Waals surface area contributed by atoms with Crippen molar-refractivity contribution in [2.24, 2.45) is 0 Å². The SMILES string of the molecule is CCOc1ccc2nc(N3C(=O)C(=O)C(=C(O)c4ccc(Cl)cc4)C3c3ccc(O)c(OCC)c3)sc2c1. The smallest absolute Gasteiger partial charge is 0.301 e. The number of phenols is 1. The number of amides is 1. The van der Waals surface area contributed by atoms with Gasteiger partial charge in [-0.05, 0) is 74.0 Å². The third kappa shape index (κ3) is 4.55. The van der Waals surface area contributed by atoms with E-state index in [1.165, 1.54) is 22.3 Å². The summed E-state index contributed by atoms with van der Waals surface area (Å²) in [4.78, 5) is 32.8. The third-order valence-electron chi connectivity index (χ3n) is 6.03. The lowest BCUT2D eigenvalue weighted by Crippen LogP contribution is -2.29. The Labute approximate surface area is 227 Å². The summed E-state index contributed by atoms with van der Waals surface area (Å²) in [5.41, 5.74) is 1.30. The zero-order chi connectivity index (χ0) is 27.0. The molecular weight excluding hydrogens is 528 g/mol. The van der Waals surface area contributed by atoms with Crippen molar-refractivity contribution in [3.05, 3.63) is 82.4 Å². The Bertz CT molecular complexity index is 1580. The highest BCUT2D eigenvalue weighted by molar-refractivity contribution is 7.22. The molecule has 1 atom stereocenters. The summed E-state index contributed by atoms with van der Waals surface area (Å²) in [6, 6.07) is 15.2. The number of ether oxygens (including phenoxy) is 2. The van der Waals surface area contributed by atoms with Crippen LogP contribution in [0.1, 0.15) is 31.0 Å². The average molecular weight is 551 g/mol. The van der Waals surface area contributed by atoms with Crippen LogP contribution in [0.4, 0.5) is 5.13 Å². The molecule has 1 aromatic heterocycles. The predicted octanol–water partition coefficient (Wildman–Crippen LogP) is 6.08. The van der Waals surface area contributed by atoms with Crippen LogP contribution in [-0.2, 0) is 9.59 Å². The van der Waals surface area contributed by atoms with Crippen LogP contribution in [0.3, 0.4) is 0 Å². The number of nitrogens with zero attached hydrogens (tertiary/aromatic N) is 2. The largest absolute Gasteiger partial charge is 0.507 e. The van der Waals surface area contributed by atoms with Gasteiger partial charge in [0.25, 0.3) is 5.78 Å². The molecule has 1 saturated heterocycles. The van der Waals surface area contributed by atoms with Crippen molar-refractivity contribution in [3.63, 3.8) is 0 Å². The molecule has 1 amide bonds. The van der Waals surface area contributed by atoms with Crippen LogP contribution in [-0.4, -0.2) is 40.1 Å². The van der Waals surface area contributed by atoms with Crippen LogP contribution in [0.15, 0.2) is 66.2 Å². The van der Waals surface area contributed by atoms with E-state index >= 15 is 0 Å². The number of hydrogen-bond donors (Lipinski definition) is 2. The van der Waals surface area contributed by atoms with Gasteiger partial charge in [0.1, 0.15) is 11.5 Å². The monoisotopic (exact) mass is 550 g/mol. The van der Waals surface area contributed by atoms with Gasteiger partial charge in [-0.1, -0.05) is 29.0 Å². The summed E-state index contributed by atoms with van der Waals surface area (Å²) in [5.74, 6) is -1.28. The quantitative estimate of drug-likeness (QED) is 0.163. The maximum absolute atomic E-state index is 13.5. The standard InChI is InChI=1S/C28H23ClN2O6S/c1-3-36-18-10-11-19-22(14-18)38-28(30-19)31-24(16-7-12-20(32)21(13-16)37-4-2)23(26(34)27(31)35)25(33)15-5-8-17(29)9-6-15/h5-14,24,32-33H,3-4H2,1-2H3. The van der Waals surface area contributed by atoms with E-state index in [1.807, 2.05) is 13.0 Å². The van der Waals surface area contributed by atoms with Crippen molar-refractivity contribution < 1.29 is 29.3 Å². The number of thiazole rings is 1. The zero-order valence-corrected chi connectivity index (χ0v) is 22.0. The number of hydrogen-bond acceptors (Lipinski definition) is 8. The number of benzene rings is 3. The molecule has 194 valence electrons. The predicted molar refractivity (Wildman–Crippen MR) is 146 cm³/mol. The van der Waals surface area contributed by atoms with Crippen molar-refractivity contribution in [1.82, 2.24) is 4.98 Å². The van der Waals surface area contributed by atoms with Crippen molar-refractivity contribution in [3.8, 4) is 17.2 Å². The van der Waals surface area contributed by atoms with Crippen LogP contribution in [0.25, 0.3) is 16.0 Å². The van der Waals surface area contributed by atoms with Crippen molar-refractivity contribution >= 4 is 55.7 Å². The van der Waals surface area contributed by atoms with Crippen molar-refractivity contribution in [2.45, 2.75) is 19.9 Å². The normalized spacial score (nSPS) is 16.8. The van der Waals surface area contributed by atoms with E-state index < -0.39 is 17.7 Å². The topological polar surface area (TPSA) is 109 Å². The molecule has 5 rings (SSSR count). The van der Waals surface area contributed by atoms with Gasteiger partial charge >= 0.3 is 5.91 Å². The maximum atomic E-state index is 13.5. The number of carbonyl (C=O) groups is 2. The summed E-state index contributed by atoms with van der Waals surface area (Å²) in [5, 5.41) is 22.3. The van der Waals surface area contributed by atoms with Gasteiger partial charge < -0.3 is 19.7 Å². The van der Waals surface area contributed by atoms with Gasteiger partial charge in [0.15, 0.2) is 16.6 Å². The van der Waals surface area contributed by atoms with Crippen LogP contribution < -0.4 is 14.4 Å². The Morgan fingerprint density at radius 2 is 1.76 bits per heavy atom. The third-order valence-corrected chi connectivity index (χ3v) is 7.30. The number of halogens is 1. The van der Waals surface area contributed by atoms with Gasteiger partial charge in [0.05, 0.1) is 35.0 Å². The molecule has 1 aliphatic rings. The Hall–Kier alpha value is -4.08. The molecule has 8 nitrogen and oxygen atoms in total. The minimum Gasteiger partial charge on any atom is -0.507 e. The van der Waals surface area contributed by atoms with Gasteiger partial charge in [-0.25, -0.2) is 4.98 Å². The molecule has 4 aromatic rings. The van der Waals surface area contributed by atoms with E-state index in [9.17, 15) is 19.8 Å². The molecule has 1 aliphatic heterocycles. The second-order valence-corrected chi connectivity index (χ2v) is 9.84. The molecule has 10 heteroatoms. The van der Waals surface area contributed by atoms with Crippen molar-refractivity contribution in [2.75, 3.05) is 18.1 Å². The Kier molecular flexibility index (Phi) is 6.96. The first-order chi connectivity index (χ1) is 18.3.